The van der Waals surface area contributed by atoms with E-state index in [1.807, 2.05) is 0 Å². The van der Waals surface area contributed by atoms with Crippen LogP contribution in [0.15, 0.2) is 77.7 Å². The van der Waals surface area contributed by atoms with Crippen LogP contribution in [0.2, 0.25) is 5.02 Å². The predicted octanol–water partition coefficient (Wildman–Crippen LogP) is 4.81. The Labute approximate surface area is 173 Å². The summed E-state index contributed by atoms with van der Waals surface area (Å²) in [6, 6.07) is 18.1. The third kappa shape index (κ3) is 3.71. The van der Waals surface area contributed by atoms with Gasteiger partial charge in [-0.05, 0) is 47.5 Å². The Morgan fingerprint density at radius 2 is 1.41 bits per heavy atom. The van der Waals surface area contributed by atoms with Crippen LogP contribution in [0.5, 0.6) is 0 Å². The maximum absolute atomic E-state index is 13.2. The SMILES string of the molecule is O=C1N(Cc2ccc(Cl)cc2)c2ccccc2S(=O)(=O)N1Cc1ccc(F)cc1. The summed E-state index contributed by atoms with van der Waals surface area (Å²) in [6.45, 7) is -0.00461. The fourth-order valence-electron chi connectivity index (χ4n) is 3.19. The largest absolute Gasteiger partial charge is 0.339 e. The summed E-state index contributed by atoms with van der Waals surface area (Å²) < 4.78 is 40.3. The van der Waals surface area contributed by atoms with E-state index >= 15 is 0 Å². The molecule has 0 aliphatic carbocycles. The minimum Gasteiger partial charge on any atom is -0.288 e. The number of anilines is 1. The van der Waals surface area contributed by atoms with E-state index in [0.717, 1.165) is 9.87 Å². The van der Waals surface area contributed by atoms with Gasteiger partial charge in [0.05, 0.1) is 18.8 Å². The van der Waals surface area contributed by atoms with E-state index in [1.165, 1.54) is 35.2 Å². The molecule has 29 heavy (non-hydrogen) atoms. The van der Waals surface area contributed by atoms with Crippen molar-refractivity contribution in [1.82, 2.24) is 4.31 Å². The highest BCUT2D eigenvalue weighted by Crippen LogP contribution is 2.36. The van der Waals surface area contributed by atoms with E-state index in [2.05, 4.69) is 0 Å². The van der Waals surface area contributed by atoms with E-state index in [9.17, 15) is 17.6 Å². The van der Waals surface area contributed by atoms with Gasteiger partial charge >= 0.3 is 6.03 Å². The van der Waals surface area contributed by atoms with E-state index in [4.69, 9.17) is 11.6 Å². The summed E-state index contributed by atoms with van der Waals surface area (Å²) in [6.07, 6.45) is 0. The van der Waals surface area contributed by atoms with Crippen LogP contribution in [0.1, 0.15) is 11.1 Å². The molecule has 0 saturated carbocycles. The van der Waals surface area contributed by atoms with Crippen molar-refractivity contribution in [2.24, 2.45) is 0 Å². The summed E-state index contributed by atoms with van der Waals surface area (Å²) in [5.41, 5.74) is 1.63. The zero-order valence-corrected chi connectivity index (χ0v) is 16.7. The van der Waals surface area contributed by atoms with Crippen molar-refractivity contribution >= 4 is 33.3 Å². The Morgan fingerprint density at radius 1 is 0.828 bits per heavy atom. The molecule has 0 fully saturated rings. The van der Waals surface area contributed by atoms with Crippen molar-refractivity contribution in [3.8, 4) is 0 Å². The standard InChI is InChI=1S/C21H16ClFN2O3S/c22-17-9-5-15(6-10-17)13-24-19-3-1-2-4-20(19)29(27,28)25(21(24)26)14-16-7-11-18(23)12-8-16/h1-12H,13-14H2. The molecule has 0 atom stereocenters. The Kier molecular flexibility index (Phi) is 5.02. The van der Waals surface area contributed by atoms with Gasteiger partial charge in [-0.3, -0.25) is 4.90 Å². The molecule has 1 heterocycles. The van der Waals surface area contributed by atoms with E-state index < -0.39 is 21.9 Å². The van der Waals surface area contributed by atoms with Gasteiger partial charge in [0, 0.05) is 5.02 Å². The zero-order chi connectivity index (χ0) is 20.6. The van der Waals surface area contributed by atoms with Crippen molar-refractivity contribution < 1.29 is 17.6 Å². The summed E-state index contributed by atoms with van der Waals surface area (Å²) in [4.78, 5) is 14.7. The number of rotatable bonds is 4. The summed E-state index contributed by atoms with van der Waals surface area (Å²) in [5, 5.41) is 0.569. The molecule has 8 heteroatoms. The lowest BCUT2D eigenvalue weighted by Crippen LogP contribution is -2.49. The number of urea groups is 1. The molecule has 1 aliphatic heterocycles. The van der Waals surface area contributed by atoms with Crippen molar-refractivity contribution in [3.63, 3.8) is 0 Å². The molecule has 0 aromatic heterocycles. The first-order valence-corrected chi connectivity index (χ1v) is 10.6. The second-order valence-corrected chi connectivity index (χ2v) is 8.87. The molecule has 0 radical (unpaired) electrons. The second-order valence-electron chi connectivity index (χ2n) is 6.60. The Morgan fingerprint density at radius 3 is 2.10 bits per heavy atom. The van der Waals surface area contributed by atoms with Gasteiger partial charge in [0.25, 0.3) is 10.0 Å². The number of benzene rings is 3. The monoisotopic (exact) mass is 430 g/mol. The van der Waals surface area contributed by atoms with Gasteiger partial charge in [0.2, 0.25) is 0 Å². The van der Waals surface area contributed by atoms with Crippen LogP contribution >= 0.6 is 11.6 Å². The Bertz CT molecular complexity index is 1170. The van der Waals surface area contributed by atoms with Gasteiger partial charge in [-0.1, -0.05) is 48.0 Å². The highest BCUT2D eigenvalue weighted by atomic mass is 35.5. The Hall–Kier alpha value is -2.90. The van der Waals surface area contributed by atoms with Crippen molar-refractivity contribution in [3.05, 3.63) is 94.8 Å². The number of nitrogens with zero attached hydrogens (tertiary/aromatic N) is 2. The van der Waals surface area contributed by atoms with E-state index in [-0.39, 0.29) is 18.0 Å². The van der Waals surface area contributed by atoms with Crippen molar-refractivity contribution in [2.45, 2.75) is 18.0 Å². The predicted molar refractivity (Wildman–Crippen MR) is 109 cm³/mol. The number of halogens is 2. The smallest absolute Gasteiger partial charge is 0.288 e. The summed E-state index contributed by atoms with van der Waals surface area (Å²) in [5.74, 6) is -0.434. The fourth-order valence-corrected chi connectivity index (χ4v) is 4.87. The van der Waals surface area contributed by atoms with Crippen molar-refractivity contribution in [1.29, 1.82) is 0 Å². The first-order chi connectivity index (χ1) is 13.9. The van der Waals surface area contributed by atoms with Crippen LogP contribution in [-0.4, -0.2) is 18.8 Å². The number of hydrogen-bond acceptors (Lipinski definition) is 3. The first kappa shape index (κ1) is 19.4. The van der Waals surface area contributed by atoms with Gasteiger partial charge in [-0.25, -0.2) is 21.9 Å². The number of amides is 2. The molecule has 148 valence electrons. The molecule has 0 unspecified atom stereocenters. The molecule has 0 saturated heterocycles. The van der Waals surface area contributed by atoms with E-state index in [1.54, 1.807) is 42.5 Å². The molecule has 0 spiro atoms. The third-order valence-corrected chi connectivity index (χ3v) is 6.68. The van der Waals surface area contributed by atoms with Crippen molar-refractivity contribution in [2.75, 3.05) is 4.90 Å². The molecule has 5 nitrogen and oxygen atoms in total. The number of sulfonamides is 1. The number of carbonyl (C=O) groups is 1. The molecule has 3 aromatic carbocycles. The summed E-state index contributed by atoms with van der Waals surface area (Å²) in [7, 11) is -4.05. The number of hydrogen-bond donors (Lipinski definition) is 0. The number of fused-ring (bicyclic) bond motifs is 1. The minimum absolute atomic E-state index is 0.0516. The molecule has 0 N–H and O–H groups in total. The van der Waals surface area contributed by atoms with Gasteiger partial charge in [0.15, 0.2) is 0 Å². The lowest BCUT2D eigenvalue weighted by atomic mass is 10.2. The normalized spacial score (nSPS) is 15.3. The highest BCUT2D eigenvalue weighted by Gasteiger charge is 2.41. The second kappa shape index (κ2) is 7.50. The van der Waals surface area contributed by atoms with Crippen LogP contribution in [-0.2, 0) is 23.1 Å². The quantitative estimate of drug-likeness (QED) is 0.596. The maximum Gasteiger partial charge on any atom is 0.339 e. The van der Waals surface area contributed by atoms with Crippen LogP contribution < -0.4 is 4.90 Å². The van der Waals surface area contributed by atoms with Crippen LogP contribution in [0.3, 0.4) is 0 Å². The van der Waals surface area contributed by atoms with E-state index in [0.29, 0.717) is 16.3 Å². The lowest BCUT2D eigenvalue weighted by Gasteiger charge is -2.36. The van der Waals surface area contributed by atoms with Crippen LogP contribution in [0.4, 0.5) is 14.9 Å². The number of carbonyl (C=O) groups excluding carboxylic acids is 1. The van der Waals surface area contributed by atoms with Gasteiger partial charge in [0.1, 0.15) is 10.7 Å². The first-order valence-electron chi connectivity index (χ1n) is 8.78. The maximum atomic E-state index is 13.2. The van der Waals surface area contributed by atoms with Gasteiger partial charge in [-0.15, -0.1) is 0 Å². The summed E-state index contributed by atoms with van der Waals surface area (Å²) >= 11 is 5.93. The molecule has 3 aromatic rings. The average Bonchev–Trinajstić information content (AvgIpc) is 2.71. The molecule has 4 rings (SSSR count). The van der Waals surface area contributed by atoms with Crippen LogP contribution in [0.25, 0.3) is 0 Å². The highest BCUT2D eigenvalue weighted by molar-refractivity contribution is 7.90. The minimum atomic E-state index is -4.05. The average molecular weight is 431 g/mol. The molecular formula is C21H16ClFN2O3S. The molecule has 2 amide bonds. The Balaban J connectivity index is 1.76. The molecular weight excluding hydrogens is 415 g/mol. The fraction of sp³-hybridized carbons (Fsp3) is 0.0952. The topological polar surface area (TPSA) is 57.7 Å². The zero-order valence-electron chi connectivity index (χ0n) is 15.1. The number of para-hydroxylation sites is 1. The molecule has 0 bridgehead atoms. The third-order valence-electron chi connectivity index (χ3n) is 4.66. The van der Waals surface area contributed by atoms with Crippen LogP contribution in [0, 0.1) is 5.82 Å². The molecule has 1 aliphatic rings. The van der Waals surface area contributed by atoms with Gasteiger partial charge < -0.3 is 0 Å². The van der Waals surface area contributed by atoms with Gasteiger partial charge in [-0.2, -0.15) is 0 Å². The lowest BCUT2D eigenvalue weighted by molar-refractivity contribution is 0.226.